The molecule has 2 aromatic rings. The molecule has 1 aromatic heterocycles. The van der Waals surface area contributed by atoms with E-state index in [1.807, 2.05) is 0 Å². The minimum atomic E-state index is -3.28. The summed E-state index contributed by atoms with van der Waals surface area (Å²) in [6.45, 7) is 1.59. The number of imidazole rings is 1. The fraction of sp³-hybridized carbons (Fsp3) is 0.222. The van der Waals surface area contributed by atoms with Crippen LogP contribution in [0.2, 0.25) is 5.02 Å². The molecule has 0 spiro atoms. The summed E-state index contributed by atoms with van der Waals surface area (Å²) in [6, 6.07) is 3.07. The summed E-state index contributed by atoms with van der Waals surface area (Å²) in [5.74, 6) is 0.0341. The largest absolute Gasteiger partial charge is 0.345 e. The van der Waals surface area contributed by atoms with E-state index >= 15 is 0 Å². The number of H-pyrrole nitrogens is 1. The molecule has 0 unspecified atom stereocenters. The number of benzene rings is 1. The molecular weight excluding hydrogens is 236 g/mol. The van der Waals surface area contributed by atoms with E-state index in [1.165, 1.54) is 12.4 Å². The van der Waals surface area contributed by atoms with Crippen molar-refractivity contribution in [1.29, 1.82) is 0 Å². The average Bonchev–Trinajstić information content (AvgIpc) is 2.63. The van der Waals surface area contributed by atoms with Crippen molar-refractivity contribution < 1.29 is 8.42 Å². The second-order valence-corrected chi connectivity index (χ2v) is 5.76. The molecule has 6 heteroatoms. The van der Waals surface area contributed by atoms with Gasteiger partial charge in [0.2, 0.25) is 0 Å². The molecular formula is C9H9ClN2O2S. The number of hydrogen-bond acceptors (Lipinski definition) is 3. The summed E-state index contributed by atoms with van der Waals surface area (Å²) in [4.78, 5) is 7.00. The van der Waals surface area contributed by atoms with Gasteiger partial charge >= 0.3 is 0 Å². The molecule has 0 aliphatic rings. The molecule has 0 bridgehead atoms. The molecule has 4 nitrogen and oxygen atoms in total. The van der Waals surface area contributed by atoms with Gasteiger partial charge in [-0.1, -0.05) is 18.5 Å². The number of hydrogen-bond donors (Lipinski definition) is 1. The first-order valence-electron chi connectivity index (χ1n) is 4.40. The number of nitrogens with zero attached hydrogens (tertiary/aromatic N) is 1. The number of halogens is 1. The molecule has 0 saturated carbocycles. The lowest BCUT2D eigenvalue weighted by Gasteiger charge is -2.03. The minimum Gasteiger partial charge on any atom is -0.345 e. The van der Waals surface area contributed by atoms with E-state index in [-0.39, 0.29) is 15.7 Å². The Morgan fingerprint density at radius 2 is 2.20 bits per heavy atom. The highest BCUT2D eigenvalue weighted by Crippen LogP contribution is 2.26. The van der Waals surface area contributed by atoms with Crippen molar-refractivity contribution in [3.63, 3.8) is 0 Å². The summed E-state index contributed by atoms with van der Waals surface area (Å²) >= 11 is 5.89. The van der Waals surface area contributed by atoms with Crippen molar-refractivity contribution in [3.8, 4) is 0 Å². The van der Waals surface area contributed by atoms with Crippen LogP contribution in [0.4, 0.5) is 0 Å². The summed E-state index contributed by atoms with van der Waals surface area (Å²) in [6.07, 6.45) is 1.50. The number of sulfone groups is 1. The van der Waals surface area contributed by atoms with Crippen molar-refractivity contribution in [2.24, 2.45) is 0 Å². The number of fused-ring (bicyclic) bond motifs is 1. The maximum Gasteiger partial charge on any atom is 0.179 e. The predicted molar refractivity (Wildman–Crippen MR) is 58.8 cm³/mol. The van der Waals surface area contributed by atoms with Crippen LogP contribution in [0.1, 0.15) is 6.92 Å². The van der Waals surface area contributed by atoms with Gasteiger partial charge < -0.3 is 4.98 Å². The van der Waals surface area contributed by atoms with Crippen LogP contribution >= 0.6 is 11.6 Å². The van der Waals surface area contributed by atoms with Crippen molar-refractivity contribution in [1.82, 2.24) is 9.97 Å². The van der Waals surface area contributed by atoms with E-state index in [0.717, 1.165) is 0 Å². The zero-order valence-electron chi connectivity index (χ0n) is 7.99. The fourth-order valence-electron chi connectivity index (χ4n) is 1.33. The fourth-order valence-corrected chi connectivity index (χ4v) is 2.81. The third kappa shape index (κ3) is 1.72. The molecule has 0 atom stereocenters. The molecule has 0 aliphatic carbocycles. The van der Waals surface area contributed by atoms with Crippen LogP contribution in [0.3, 0.4) is 0 Å². The number of rotatable bonds is 2. The molecule has 1 heterocycles. The Morgan fingerprint density at radius 1 is 1.47 bits per heavy atom. The van der Waals surface area contributed by atoms with Gasteiger partial charge in [-0.05, 0) is 12.1 Å². The third-order valence-electron chi connectivity index (χ3n) is 2.19. The first-order valence-corrected chi connectivity index (χ1v) is 6.43. The molecule has 80 valence electrons. The summed E-state index contributed by atoms with van der Waals surface area (Å²) < 4.78 is 23.3. The van der Waals surface area contributed by atoms with Gasteiger partial charge in [-0.15, -0.1) is 0 Å². The SMILES string of the molecule is CCS(=O)(=O)c1cc2[nH]cnc2cc1Cl. The molecule has 1 N–H and O–H groups in total. The van der Waals surface area contributed by atoms with E-state index in [2.05, 4.69) is 9.97 Å². The first kappa shape index (κ1) is 10.4. The highest BCUT2D eigenvalue weighted by molar-refractivity contribution is 7.91. The van der Waals surface area contributed by atoms with Gasteiger partial charge in [0.05, 0.1) is 33.0 Å². The van der Waals surface area contributed by atoms with Crippen LogP contribution in [0, 0.1) is 0 Å². The maximum atomic E-state index is 11.7. The van der Waals surface area contributed by atoms with E-state index in [4.69, 9.17) is 11.6 Å². The second-order valence-electron chi connectivity index (χ2n) is 3.11. The Morgan fingerprint density at radius 3 is 2.87 bits per heavy atom. The third-order valence-corrected chi connectivity index (χ3v) is 4.38. The first-order chi connectivity index (χ1) is 7.04. The quantitative estimate of drug-likeness (QED) is 0.879. The highest BCUT2D eigenvalue weighted by atomic mass is 35.5. The van der Waals surface area contributed by atoms with Crippen molar-refractivity contribution in [2.75, 3.05) is 5.75 Å². The second kappa shape index (κ2) is 3.50. The van der Waals surface area contributed by atoms with Gasteiger partial charge in [-0.2, -0.15) is 0 Å². The molecule has 0 amide bonds. The smallest absolute Gasteiger partial charge is 0.179 e. The van der Waals surface area contributed by atoms with Crippen LogP contribution in [-0.2, 0) is 9.84 Å². The Hall–Kier alpha value is -1.07. The van der Waals surface area contributed by atoms with Crippen molar-refractivity contribution in [3.05, 3.63) is 23.5 Å². The van der Waals surface area contributed by atoms with Gasteiger partial charge in [-0.3, -0.25) is 0 Å². The Kier molecular flexibility index (Phi) is 2.44. The van der Waals surface area contributed by atoms with Crippen LogP contribution in [0.5, 0.6) is 0 Å². The van der Waals surface area contributed by atoms with Crippen LogP contribution in [0.15, 0.2) is 23.4 Å². The molecule has 0 radical (unpaired) electrons. The topological polar surface area (TPSA) is 62.8 Å². The Labute approximate surface area is 92.2 Å². The lowest BCUT2D eigenvalue weighted by molar-refractivity contribution is 0.597. The number of aromatic nitrogens is 2. The summed E-state index contributed by atoms with van der Waals surface area (Å²) in [5.41, 5.74) is 1.33. The zero-order valence-corrected chi connectivity index (χ0v) is 9.56. The lowest BCUT2D eigenvalue weighted by Crippen LogP contribution is -2.04. The van der Waals surface area contributed by atoms with Gasteiger partial charge in [0, 0.05) is 0 Å². The molecule has 15 heavy (non-hydrogen) atoms. The molecule has 0 aliphatic heterocycles. The Balaban J connectivity index is 2.76. The van der Waals surface area contributed by atoms with E-state index in [0.29, 0.717) is 11.0 Å². The Bertz CT molecular complexity index is 604. The lowest BCUT2D eigenvalue weighted by atomic mass is 10.3. The highest BCUT2D eigenvalue weighted by Gasteiger charge is 2.17. The van der Waals surface area contributed by atoms with Crippen molar-refractivity contribution >= 4 is 32.5 Å². The molecule has 0 saturated heterocycles. The van der Waals surface area contributed by atoms with E-state index in [1.54, 1.807) is 13.0 Å². The average molecular weight is 245 g/mol. The predicted octanol–water partition coefficient (Wildman–Crippen LogP) is 2.01. The van der Waals surface area contributed by atoms with Gasteiger partial charge in [0.25, 0.3) is 0 Å². The van der Waals surface area contributed by atoms with E-state index < -0.39 is 9.84 Å². The number of nitrogens with one attached hydrogen (secondary N) is 1. The van der Waals surface area contributed by atoms with Crippen LogP contribution in [-0.4, -0.2) is 24.1 Å². The summed E-state index contributed by atoms with van der Waals surface area (Å²) in [5, 5.41) is 0.219. The maximum absolute atomic E-state index is 11.7. The van der Waals surface area contributed by atoms with Gasteiger partial charge in [-0.25, -0.2) is 13.4 Å². The van der Waals surface area contributed by atoms with Crippen molar-refractivity contribution in [2.45, 2.75) is 11.8 Å². The standard InChI is InChI=1S/C9H9ClN2O2S/c1-2-15(13,14)9-4-8-7(3-6(9)10)11-5-12-8/h3-5H,2H2,1H3,(H,11,12). The molecule has 2 rings (SSSR count). The monoisotopic (exact) mass is 244 g/mol. The summed E-state index contributed by atoms with van der Waals surface area (Å²) in [7, 11) is -3.28. The molecule has 1 aromatic carbocycles. The molecule has 0 fully saturated rings. The number of aromatic amines is 1. The van der Waals surface area contributed by atoms with Crippen LogP contribution in [0.25, 0.3) is 11.0 Å². The normalized spacial score (nSPS) is 12.1. The van der Waals surface area contributed by atoms with Gasteiger partial charge in [0.15, 0.2) is 9.84 Å². The van der Waals surface area contributed by atoms with E-state index in [9.17, 15) is 8.42 Å². The minimum absolute atomic E-state index is 0.0341. The zero-order chi connectivity index (χ0) is 11.1. The van der Waals surface area contributed by atoms with Gasteiger partial charge in [0.1, 0.15) is 0 Å². The van der Waals surface area contributed by atoms with Crippen LogP contribution < -0.4 is 0 Å².